The van der Waals surface area contributed by atoms with Crippen molar-refractivity contribution >= 4 is 12.0 Å². The number of nitrogens with one attached hydrogen (secondary N) is 1. The number of amides is 2. The van der Waals surface area contributed by atoms with Gasteiger partial charge in [0.1, 0.15) is 12.6 Å². The van der Waals surface area contributed by atoms with Gasteiger partial charge in [0.2, 0.25) is 5.91 Å². The summed E-state index contributed by atoms with van der Waals surface area (Å²) >= 11 is 0. The van der Waals surface area contributed by atoms with Gasteiger partial charge in [0, 0.05) is 13.1 Å². The largest absolute Gasteiger partial charge is 0.445 e. The van der Waals surface area contributed by atoms with E-state index in [1.54, 1.807) is 4.90 Å². The number of rotatable bonds is 5. The molecule has 1 atom stereocenters. The summed E-state index contributed by atoms with van der Waals surface area (Å²) in [5, 5.41) is 2.89. The third-order valence-corrected chi connectivity index (χ3v) is 3.68. The second-order valence-electron chi connectivity index (χ2n) is 6.03. The Kier molecular flexibility index (Phi) is 5.81. The number of carbonyl (C=O) groups is 2. The van der Waals surface area contributed by atoms with Crippen molar-refractivity contribution in [3.63, 3.8) is 0 Å². The van der Waals surface area contributed by atoms with Gasteiger partial charge in [-0.1, -0.05) is 44.2 Å². The maximum absolute atomic E-state index is 12.2. The van der Waals surface area contributed by atoms with E-state index in [9.17, 15) is 9.59 Å². The monoisotopic (exact) mass is 304 g/mol. The fourth-order valence-corrected chi connectivity index (χ4v) is 2.48. The topological polar surface area (TPSA) is 58.6 Å². The van der Waals surface area contributed by atoms with Crippen molar-refractivity contribution in [2.45, 2.75) is 39.3 Å². The molecule has 1 aliphatic heterocycles. The van der Waals surface area contributed by atoms with Gasteiger partial charge < -0.3 is 10.1 Å². The van der Waals surface area contributed by atoms with Crippen LogP contribution in [-0.2, 0) is 16.1 Å². The van der Waals surface area contributed by atoms with Crippen molar-refractivity contribution in [2.75, 3.05) is 13.1 Å². The summed E-state index contributed by atoms with van der Waals surface area (Å²) in [6, 6.07) is 9.14. The molecule has 0 saturated carbocycles. The second-order valence-corrected chi connectivity index (χ2v) is 6.03. The highest BCUT2D eigenvalue weighted by atomic mass is 16.6. The van der Waals surface area contributed by atoms with Crippen molar-refractivity contribution in [1.29, 1.82) is 0 Å². The molecule has 5 heteroatoms. The molecule has 0 radical (unpaired) electrons. The van der Waals surface area contributed by atoms with Gasteiger partial charge in [0.05, 0.1) is 0 Å². The Morgan fingerprint density at radius 2 is 2.05 bits per heavy atom. The van der Waals surface area contributed by atoms with E-state index in [0.29, 0.717) is 25.4 Å². The lowest BCUT2D eigenvalue weighted by atomic mass is 10.2. The van der Waals surface area contributed by atoms with Gasteiger partial charge >= 0.3 is 6.09 Å². The van der Waals surface area contributed by atoms with Gasteiger partial charge in [0.15, 0.2) is 0 Å². The third-order valence-electron chi connectivity index (χ3n) is 3.68. The number of benzene rings is 1. The molecule has 0 spiro atoms. The molecule has 1 N–H and O–H groups in total. The standard InChI is InChI=1S/C17H24N2O3/c1-13(2)11-18-16(20)15-9-6-10-19(15)17(21)22-12-14-7-4-3-5-8-14/h3-5,7-8,13,15H,6,9-12H2,1-2H3,(H,18,20)/t15-/m0/s1. The van der Waals surface area contributed by atoms with Gasteiger partial charge in [-0.15, -0.1) is 0 Å². The number of hydrogen-bond acceptors (Lipinski definition) is 3. The third kappa shape index (κ3) is 4.48. The van der Waals surface area contributed by atoms with E-state index in [4.69, 9.17) is 4.74 Å². The lowest BCUT2D eigenvalue weighted by molar-refractivity contribution is -0.125. The molecular weight excluding hydrogens is 280 g/mol. The zero-order chi connectivity index (χ0) is 15.9. The van der Waals surface area contributed by atoms with Crippen molar-refractivity contribution in [2.24, 2.45) is 5.92 Å². The SMILES string of the molecule is CC(C)CNC(=O)[C@@H]1CCCN1C(=O)OCc1ccccc1. The fraction of sp³-hybridized carbons (Fsp3) is 0.529. The zero-order valence-electron chi connectivity index (χ0n) is 13.2. The summed E-state index contributed by atoms with van der Waals surface area (Å²) in [6.07, 6.45) is 1.12. The van der Waals surface area contributed by atoms with E-state index >= 15 is 0 Å². The predicted octanol–water partition coefficient (Wildman–Crippen LogP) is 2.56. The molecule has 1 aromatic carbocycles. The van der Waals surface area contributed by atoms with E-state index in [-0.39, 0.29) is 12.5 Å². The van der Waals surface area contributed by atoms with Crippen LogP contribution in [-0.4, -0.2) is 36.0 Å². The normalized spacial score (nSPS) is 17.6. The highest BCUT2D eigenvalue weighted by Crippen LogP contribution is 2.19. The predicted molar refractivity (Wildman–Crippen MR) is 84.2 cm³/mol. The lowest BCUT2D eigenvalue weighted by Gasteiger charge is -2.23. The highest BCUT2D eigenvalue weighted by molar-refractivity contribution is 5.86. The Morgan fingerprint density at radius 3 is 2.73 bits per heavy atom. The Morgan fingerprint density at radius 1 is 1.32 bits per heavy atom. The molecule has 1 aromatic rings. The average Bonchev–Trinajstić information content (AvgIpc) is 3.01. The van der Waals surface area contributed by atoms with Crippen LogP contribution in [0.4, 0.5) is 4.79 Å². The number of carbonyl (C=O) groups excluding carboxylic acids is 2. The molecule has 0 aromatic heterocycles. The van der Waals surface area contributed by atoms with Crippen LogP contribution in [0.3, 0.4) is 0 Å². The van der Waals surface area contributed by atoms with Gasteiger partial charge in [-0.05, 0) is 24.3 Å². The van der Waals surface area contributed by atoms with Crippen LogP contribution in [0.5, 0.6) is 0 Å². The van der Waals surface area contributed by atoms with E-state index in [1.807, 2.05) is 44.2 Å². The molecular formula is C17H24N2O3. The van der Waals surface area contributed by atoms with Crippen LogP contribution < -0.4 is 5.32 Å². The van der Waals surface area contributed by atoms with E-state index in [0.717, 1.165) is 12.0 Å². The van der Waals surface area contributed by atoms with Crippen LogP contribution >= 0.6 is 0 Å². The Balaban J connectivity index is 1.86. The zero-order valence-corrected chi connectivity index (χ0v) is 13.2. The van der Waals surface area contributed by atoms with Crippen molar-refractivity contribution in [3.8, 4) is 0 Å². The van der Waals surface area contributed by atoms with Crippen LogP contribution in [0, 0.1) is 5.92 Å². The van der Waals surface area contributed by atoms with Gasteiger partial charge in [-0.2, -0.15) is 0 Å². The van der Waals surface area contributed by atoms with Crippen LogP contribution in [0.15, 0.2) is 30.3 Å². The molecule has 1 saturated heterocycles. The fourth-order valence-electron chi connectivity index (χ4n) is 2.48. The smallest absolute Gasteiger partial charge is 0.410 e. The Labute approximate surface area is 131 Å². The molecule has 1 fully saturated rings. The maximum atomic E-state index is 12.2. The van der Waals surface area contributed by atoms with Crippen molar-refractivity contribution in [3.05, 3.63) is 35.9 Å². The number of nitrogens with zero attached hydrogens (tertiary/aromatic N) is 1. The summed E-state index contributed by atoms with van der Waals surface area (Å²) in [6.45, 7) is 5.52. The molecule has 5 nitrogen and oxygen atoms in total. The number of hydrogen-bond donors (Lipinski definition) is 1. The average molecular weight is 304 g/mol. The van der Waals surface area contributed by atoms with Crippen molar-refractivity contribution in [1.82, 2.24) is 10.2 Å². The first-order valence-corrected chi connectivity index (χ1v) is 7.83. The number of ether oxygens (including phenoxy) is 1. The molecule has 120 valence electrons. The first-order valence-electron chi connectivity index (χ1n) is 7.83. The first-order chi connectivity index (χ1) is 10.6. The van der Waals surface area contributed by atoms with Gasteiger partial charge in [-0.25, -0.2) is 4.79 Å². The molecule has 1 heterocycles. The van der Waals surface area contributed by atoms with Crippen molar-refractivity contribution < 1.29 is 14.3 Å². The van der Waals surface area contributed by atoms with E-state index < -0.39 is 12.1 Å². The minimum absolute atomic E-state index is 0.0807. The molecule has 2 amide bonds. The Bertz CT molecular complexity index is 502. The maximum Gasteiger partial charge on any atom is 0.410 e. The second kappa shape index (κ2) is 7.82. The van der Waals surface area contributed by atoms with Crippen LogP contribution in [0.25, 0.3) is 0 Å². The summed E-state index contributed by atoms with van der Waals surface area (Å²) in [5.74, 6) is 0.312. The molecule has 2 rings (SSSR count). The first kappa shape index (κ1) is 16.3. The minimum Gasteiger partial charge on any atom is -0.445 e. The summed E-state index contributed by atoms with van der Waals surface area (Å²) < 4.78 is 5.32. The van der Waals surface area contributed by atoms with Gasteiger partial charge in [-0.3, -0.25) is 9.69 Å². The Hall–Kier alpha value is -2.04. The minimum atomic E-state index is -0.411. The molecule has 0 aliphatic carbocycles. The van der Waals surface area contributed by atoms with E-state index in [2.05, 4.69) is 5.32 Å². The molecule has 22 heavy (non-hydrogen) atoms. The van der Waals surface area contributed by atoms with Crippen LogP contribution in [0.1, 0.15) is 32.3 Å². The molecule has 0 bridgehead atoms. The number of likely N-dealkylation sites (tertiary alicyclic amines) is 1. The van der Waals surface area contributed by atoms with Crippen LogP contribution in [0.2, 0.25) is 0 Å². The highest BCUT2D eigenvalue weighted by Gasteiger charge is 2.34. The molecule has 1 aliphatic rings. The summed E-state index contributed by atoms with van der Waals surface area (Å²) in [7, 11) is 0. The van der Waals surface area contributed by atoms with E-state index in [1.165, 1.54) is 0 Å². The summed E-state index contributed by atoms with van der Waals surface area (Å²) in [5.41, 5.74) is 0.941. The van der Waals surface area contributed by atoms with Gasteiger partial charge in [0.25, 0.3) is 0 Å². The lowest BCUT2D eigenvalue weighted by Crippen LogP contribution is -2.46. The molecule has 0 unspecified atom stereocenters. The summed E-state index contributed by atoms with van der Waals surface area (Å²) in [4.78, 5) is 25.9. The quantitative estimate of drug-likeness (QED) is 0.909.